The topological polar surface area (TPSA) is 89.1 Å². The highest BCUT2D eigenvalue weighted by Crippen LogP contribution is 2.17. The number of rotatable bonds is 2. The van der Waals surface area contributed by atoms with Crippen molar-refractivity contribution in [3.8, 4) is 0 Å². The maximum atomic E-state index is 11.8. The summed E-state index contributed by atoms with van der Waals surface area (Å²) in [7, 11) is 0. The van der Waals surface area contributed by atoms with E-state index in [0.717, 1.165) is 5.82 Å². The Bertz CT molecular complexity index is 590. The molecule has 0 aliphatic carbocycles. The fourth-order valence-electron chi connectivity index (χ4n) is 1.54. The van der Waals surface area contributed by atoms with Crippen LogP contribution >= 0.6 is 0 Å². The largest absolute Gasteiger partial charge is 0.330 e. The molecule has 92 valence electrons. The molecule has 0 aliphatic rings. The van der Waals surface area contributed by atoms with Gasteiger partial charge >= 0.3 is 0 Å². The van der Waals surface area contributed by atoms with Gasteiger partial charge in [0.05, 0.1) is 5.69 Å². The van der Waals surface area contributed by atoms with E-state index in [2.05, 4.69) is 15.1 Å². The van der Waals surface area contributed by atoms with Gasteiger partial charge in [0, 0.05) is 17.9 Å². The number of hydrogen-bond donors (Lipinski definition) is 2. The van der Waals surface area contributed by atoms with E-state index in [4.69, 9.17) is 5.73 Å². The second kappa shape index (κ2) is 3.96. The lowest BCUT2D eigenvalue weighted by molar-refractivity contribution is 0.544. The second-order valence-corrected chi connectivity index (χ2v) is 5.08. The molecule has 2 aromatic heterocycles. The molecule has 0 bridgehead atoms. The first-order valence-electron chi connectivity index (χ1n) is 5.61. The maximum Gasteiger partial charge on any atom is 0.274 e. The Morgan fingerprint density at radius 3 is 2.71 bits per heavy atom. The van der Waals surface area contributed by atoms with Crippen LogP contribution in [0.15, 0.2) is 10.9 Å². The van der Waals surface area contributed by atoms with Crippen molar-refractivity contribution in [2.45, 2.75) is 32.6 Å². The Morgan fingerprint density at radius 2 is 2.12 bits per heavy atom. The summed E-state index contributed by atoms with van der Waals surface area (Å²) in [6.07, 6.45) is 0.587. The molecule has 6 heteroatoms. The molecular weight excluding hydrogens is 218 g/mol. The predicted molar refractivity (Wildman–Crippen MR) is 65.1 cm³/mol. The van der Waals surface area contributed by atoms with Crippen LogP contribution in [0.2, 0.25) is 0 Å². The lowest BCUT2D eigenvalue weighted by atomic mass is 9.96. The summed E-state index contributed by atoms with van der Waals surface area (Å²) in [6, 6.07) is 1.49. The lowest BCUT2D eigenvalue weighted by Crippen LogP contribution is -2.18. The molecule has 0 spiro atoms. The number of hydrogen-bond acceptors (Lipinski definition) is 4. The Kier molecular flexibility index (Phi) is 2.74. The van der Waals surface area contributed by atoms with Gasteiger partial charge in [0.15, 0.2) is 0 Å². The van der Waals surface area contributed by atoms with E-state index in [1.54, 1.807) is 0 Å². The molecule has 0 fully saturated rings. The Balaban J connectivity index is 2.61. The van der Waals surface area contributed by atoms with Crippen LogP contribution in [0.25, 0.3) is 5.78 Å². The molecule has 0 atom stereocenters. The summed E-state index contributed by atoms with van der Waals surface area (Å²) >= 11 is 0. The fourth-order valence-corrected chi connectivity index (χ4v) is 1.54. The predicted octanol–water partition coefficient (Wildman–Crippen LogP) is 0.216. The summed E-state index contributed by atoms with van der Waals surface area (Å²) in [5.74, 6) is 1.15. The standard InChI is InChI=1S/C11H17N5O/c1-11(2,3)9-14-10-13-7(4-5-12)6-8(17)16(10)15-9/h6H,4-5,12H2,1-3H3,(H,13,14,15). The Hall–Kier alpha value is -1.69. The highest BCUT2D eigenvalue weighted by molar-refractivity contribution is 5.29. The zero-order chi connectivity index (χ0) is 12.6. The number of nitrogens with two attached hydrogens (primary N) is 1. The van der Waals surface area contributed by atoms with Gasteiger partial charge in [0.1, 0.15) is 5.82 Å². The van der Waals surface area contributed by atoms with Crippen molar-refractivity contribution in [1.29, 1.82) is 0 Å². The minimum Gasteiger partial charge on any atom is -0.330 e. The van der Waals surface area contributed by atoms with Crippen molar-refractivity contribution < 1.29 is 0 Å². The molecule has 0 saturated carbocycles. The van der Waals surface area contributed by atoms with E-state index in [-0.39, 0.29) is 11.0 Å². The number of nitrogens with one attached hydrogen (secondary N) is 1. The minimum absolute atomic E-state index is 0.145. The van der Waals surface area contributed by atoms with Crippen LogP contribution in [0.1, 0.15) is 32.3 Å². The molecule has 0 aliphatic heterocycles. The molecule has 6 nitrogen and oxygen atoms in total. The van der Waals surface area contributed by atoms with Crippen LogP contribution in [0.5, 0.6) is 0 Å². The summed E-state index contributed by atoms with van der Waals surface area (Å²) < 4.78 is 1.36. The van der Waals surface area contributed by atoms with E-state index in [1.165, 1.54) is 10.6 Å². The Labute approximate surface area is 98.9 Å². The second-order valence-electron chi connectivity index (χ2n) is 5.08. The SMILES string of the molecule is CC(C)(C)c1nc2nc(CCN)cc(=O)n2[nH]1. The van der Waals surface area contributed by atoms with Crippen LogP contribution in [-0.4, -0.2) is 26.1 Å². The molecule has 0 unspecified atom stereocenters. The van der Waals surface area contributed by atoms with Gasteiger partial charge in [-0.15, -0.1) is 0 Å². The minimum atomic E-state index is -0.151. The van der Waals surface area contributed by atoms with Gasteiger partial charge in [0.25, 0.3) is 11.3 Å². The molecule has 3 N–H and O–H groups in total. The molecule has 2 heterocycles. The number of aromatic nitrogens is 4. The molecule has 0 radical (unpaired) electrons. The molecule has 2 rings (SSSR count). The number of fused-ring (bicyclic) bond motifs is 1. The number of aromatic amines is 1. The first-order valence-corrected chi connectivity index (χ1v) is 5.61. The third-order valence-corrected chi connectivity index (χ3v) is 2.49. The third kappa shape index (κ3) is 2.21. The summed E-state index contributed by atoms with van der Waals surface area (Å²) in [4.78, 5) is 20.5. The first-order chi connectivity index (χ1) is 7.91. The van der Waals surface area contributed by atoms with E-state index in [1.807, 2.05) is 20.8 Å². The highest BCUT2D eigenvalue weighted by atomic mass is 16.1. The zero-order valence-electron chi connectivity index (χ0n) is 10.3. The maximum absolute atomic E-state index is 11.8. The van der Waals surface area contributed by atoms with Crippen molar-refractivity contribution in [1.82, 2.24) is 19.6 Å². The monoisotopic (exact) mass is 235 g/mol. The summed E-state index contributed by atoms with van der Waals surface area (Å²) in [6.45, 7) is 6.54. The fraction of sp³-hybridized carbons (Fsp3) is 0.545. The quantitative estimate of drug-likeness (QED) is 0.779. The van der Waals surface area contributed by atoms with Gasteiger partial charge in [-0.25, -0.2) is 4.98 Å². The molecule has 0 aromatic carbocycles. The third-order valence-electron chi connectivity index (χ3n) is 2.49. The highest BCUT2D eigenvalue weighted by Gasteiger charge is 2.19. The smallest absolute Gasteiger partial charge is 0.274 e. The van der Waals surface area contributed by atoms with Crippen LogP contribution < -0.4 is 11.3 Å². The molecule has 17 heavy (non-hydrogen) atoms. The van der Waals surface area contributed by atoms with Crippen molar-refractivity contribution >= 4 is 5.78 Å². The van der Waals surface area contributed by atoms with E-state index < -0.39 is 0 Å². The molecule has 0 amide bonds. The molecule has 2 aromatic rings. The average Bonchev–Trinajstić information content (AvgIpc) is 2.61. The molecular formula is C11H17N5O. The van der Waals surface area contributed by atoms with Gasteiger partial charge in [-0.2, -0.15) is 9.50 Å². The van der Waals surface area contributed by atoms with Crippen LogP contribution in [0, 0.1) is 0 Å². The molecule has 0 saturated heterocycles. The van der Waals surface area contributed by atoms with Crippen molar-refractivity contribution in [2.24, 2.45) is 5.73 Å². The van der Waals surface area contributed by atoms with Crippen LogP contribution in [-0.2, 0) is 11.8 Å². The normalized spacial score (nSPS) is 12.2. The van der Waals surface area contributed by atoms with Crippen molar-refractivity contribution in [2.75, 3.05) is 6.54 Å². The van der Waals surface area contributed by atoms with Crippen molar-refractivity contribution in [3.05, 3.63) is 27.9 Å². The van der Waals surface area contributed by atoms with Crippen LogP contribution in [0.4, 0.5) is 0 Å². The van der Waals surface area contributed by atoms with Gasteiger partial charge in [-0.3, -0.25) is 9.89 Å². The van der Waals surface area contributed by atoms with Gasteiger partial charge in [-0.1, -0.05) is 20.8 Å². The Morgan fingerprint density at radius 1 is 1.41 bits per heavy atom. The number of nitrogens with zero attached hydrogens (tertiary/aromatic N) is 3. The van der Waals surface area contributed by atoms with Gasteiger partial charge < -0.3 is 5.73 Å². The van der Waals surface area contributed by atoms with E-state index >= 15 is 0 Å². The van der Waals surface area contributed by atoms with E-state index in [0.29, 0.717) is 24.4 Å². The number of H-pyrrole nitrogens is 1. The van der Waals surface area contributed by atoms with E-state index in [9.17, 15) is 4.79 Å². The summed E-state index contributed by atoms with van der Waals surface area (Å²) in [5.41, 5.74) is 5.84. The van der Waals surface area contributed by atoms with Gasteiger partial charge in [0.2, 0.25) is 0 Å². The van der Waals surface area contributed by atoms with Crippen LogP contribution in [0.3, 0.4) is 0 Å². The summed E-state index contributed by atoms with van der Waals surface area (Å²) in [5, 5.41) is 2.97. The average molecular weight is 235 g/mol. The zero-order valence-corrected chi connectivity index (χ0v) is 10.3. The van der Waals surface area contributed by atoms with Gasteiger partial charge in [-0.05, 0) is 6.54 Å². The van der Waals surface area contributed by atoms with Crippen molar-refractivity contribution in [3.63, 3.8) is 0 Å². The first kappa shape index (κ1) is 11.8. The lowest BCUT2D eigenvalue weighted by Gasteiger charge is -2.12.